The number of hydrogen-bond acceptors (Lipinski definition) is 1. The zero-order valence-corrected chi connectivity index (χ0v) is 11.3. The van der Waals surface area contributed by atoms with Gasteiger partial charge in [0, 0.05) is 11.1 Å². The minimum atomic E-state index is 0.0717. The highest BCUT2D eigenvalue weighted by Crippen LogP contribution is 2.16. The van der Waals surface area contributed by atoms with Crippen molar-refractivity contribution in [3.8, 4) is 0 Å². The number of amides is 1. The van der Waals surface area contributed by atoms with Gasteiger partial charge in [0.15, 0.2) is 0 Å². The summed E-state index contributed by atoms with van der Waals surface area (Å²) in [4.78, 5) is 15.3. The number of carbonyl (C=O) groups excluding carboxylic acids is 1. The van der Waals surface area contributed by atoms with Crippen LogP contribution in [0.1, 0.15) is 5.56 Å². The molecule has 1 amide bonds. The van der Waals surface area contributed by atoms with E-state index in [1.165, 1.54) is 4.90 Å². The SMILES string of the molecule is C[NH+]1CCN(C(=O)/C=C/c2ccccc2Cl)CC1. The van der Waals surface area contributed by atoms with Crippen LogP contribution in [0.2, 0.25) is 5.02 Å². The first-order chi connectivity index (χ1) is 8.66. The number of benzene rings is 1. The van der Waals surface area contributed by atoms with Crippen molar-refractivity contribution in [2.75, 3.05) is 33.2 Å². The lowest BCUT2D eigenvalue weighted by Gasteiger charge is -2.29. The van der Waals surface area contributed by atoms with E-state index >= 15 is 0 Å². The van der Waals surface area contributed by atoms with E-state index in [9.17, 15) is 4.79 Å². The Morgan fingerprint density at radius 2 is 2.00 bits per heavy atom. The van der Waals surface area contributed by atoms with Crippen molar-refractivity contribution in [3.63, 3.8) is 0 Å². The molecule has 0 spiro atoms. The van der Waals surface area contributed by atoms with Gasteiger partial charge >= 0.3 is 0 Å². The van der Waals surface area contributed by atoms with Crippen LogP contribution in [-0.4, -0.2) is 44.0 Å². The third-order valence-corrected chi connectivity index (χ3v) is 3.58. The van der Waals surface area contributed by atoms with E-state index in [4.69, 9.17) is 11.6 Å². The number of carbonyl (C=O) groups is 1. The second kappa shape index (κ2) is 6.03. The van der Waals surface area contributed by atoms with Crippen LogP contribution in [-0.2, 0) is 4.79 Å². The lowest BCUT2D eigenvalue weighted by atomic mass is 10.2. The number of likely N-dealkylation sites (N-methyl/N-ethyl adjacent to an activating group) is 1. The molecule has 0 aliphatic carbocycles. The molecule has 1 fully saturated rings. The minimum Gasteiger partial charge on any atom is -0.334 e. The van der Waals surface area contributed by atoms with Crippen LogP contribution in [0.25, 0.3) is 6.08 Å². The Balaban J connectivity index is 1.97. The Morgan fingerprint density at radius 3 is 2.67 bits per heavy atom. The second-order valence-corrected chi connectivity index (χ2v) is 5.04. The van der Waals surface area contributed by atoms with Gasteiger partial charge in [0.1, 0.15) is 0 Å². The van der Waals surface area contributed by atoms with E-state index in [1.54, 1.807) is 12.2 Å². The number of hydrogen-bond donors (Lipinski definition) is 1. The summed E-state index contributed by atoms with van der Waals surface area (Å²) in [6.45, 7) is 3.70. The van der Waals surface area contributed by atoms with Crippen LogP contribution in [0.3, 0.4) is 0 Å². The fourth-order valence-electron chi connectivity index (χ4n) is 1.99. The zero-order valence-electron chi connectivity index (χ0n) is 10.5. The van der Waals surface area contributed by atoms with Crippen LogP contribution in [0.5, 0.6) is 0 Å². The van der Waals surface area contributed by atoms with Crippen molar-refractivity contribution < 1.29 is 9.69 Å². The Morgan fingerprint density at radius 1 is 1.33 bits per heavy atom. The monoisotopic (exact) mass is 265 g/mol. The summed E-state index contributed by atoms with van der Waals surface area (Å²) < 4.78 is 0. The van der Waals surface area contributed by atoms with Crippen LogP contribution >= 0.6 is 11.6 Å². The molecule has 1 aromatic carbocycles. The molecule has 4 heteroatoms. The number of nitrogens with one attached hydrogen (secondary N) is 1. The van der Waals surface area contributed by atoms with Crippen molar-refractivity contribution in [2.45, 2.75) is 0 Å². The minimum absolute atomic E-state index is 0.0717. The third-order valence-electron chi connectivity index (χ3n) is 3.24. The summed E-state index contributed by atoms with van der Waals surface area (Å²) >= 11 is 6.03. The molecule has 96 valence electrons. The molecule has 1 aliphatic heterocycles. The number of quaternary nitrogens is 1. The smallest absolute Gasteiger partial charge is 0.246 e. The fraction of sp³-hybridized carbons (Fsp3) is 0.357. The van der Waals surface area contributed by atoms with Gasteiger partial charge in [0.05, 0.1) is 33.2 Å². The molecule has 3 nitrogen and oxygen atoms in total. The highest BCUT2D eigenvalue weighted by Gasteiger charge is 2.19. The van der Waals surface area contributed by atoms with Crippen molar-refractivity contribution in [3.05, 3.63) is 40.9 Å². The summed E-state index contributed by atoms with van der Waals surface area (Å²) in [6, 6.07) is 7.52. The van der Waals surface area contributed by atoms with Gasteiger partial charge in [-0.05, 0) is 17.7 Å². The van der Waals surface area contributed by atoms with Crippen LogP contribution < -0.4 is 4.90 Å². The number of halogens is 1. The standard InChI is InChI=1S/C14H17ClN2O/c1-16-8-10-17(11-9-16)14(18)7-6-12-4-2-3-5-13(12)15/h2-7H,8-11H2,1H3/p+1/b7-6+. The zero-order chi connectivity index (χ0) is 13.0. The Labute approximate surface area is 113 Å². The average molecular weight is 266 g/mol. The highest BCUT2D eigenvalue weighted by atomic mass is 35.5. The van der Waals surface area contributed by atoms with Crippen molar-refractivity contribution in [2.24, 2.45) is 0 Å². The molecule has 1 aromatic rings. The predicted molar refractivity (Wildman–Crippen MR) is 73.7 cm³/mol. The van der Waals surface area contributed by atoms with Crippen molar-refractivity contribution in [1.82, 2.24) is 4.90 Å². The van der Waals surface area contributed by atoms with Gasteiger partial charge in [-0.15, -0.1) is 0 Å². The molecule has 2 rings (SSSR count). The van der Waals surface area contributed by atoms with Crippen molar-refractivity contribution in [1.29, 1.82) is 0 Å². The molecule has 0 saturated carbocycles. The van der Waals surface area contributed by atoms with Crippen LogP contribution in [0.4, 0.5) is 0 Å². The molecule has 0 atom stereocenters. The van der Waals surface area contributed by atoms with Crippen LogP contribution in [0.15, 0.2) is 30.3 Å². The molecular weight excluding hydrogens is 248 g/mol. The maximum atomic E-state index is 12.0. The molecule has 0 radical (unpaired) electrons. The first kappa shape index (κ1) is 13.1. The fourth-order valence-corrected chi connectivity index (χ4v) is 2.18. The lowest BCUT2D eigenvalue weighted by molar-refractivity contribution is -0.883. The van der Waals surface area contributed by atoms with Gasteiger partial charge in [-0.25, -0.2) is 0 Å². The summed E-state index contributed by atoms with van der Waals surface area (Å²) in [5.74, 6) is 0.0717. The van der Waals surface area contributed by atoms with Gasteiger partial charge in [0.25, 0.3) is 0 Å². The van der Waals surface area contributed by atoms with Crippen molar-refractivity contribution >= 4 is 23.6 Å². The molecule has 0 aromatic heterocycles. The first-order valence-corrected chi connectivity index (χ1v) is 6.57. The van der Waals surface area contributed by atoms with Gasteiger partial charge in [-0.1, -0.05) is 29.8 Å². The quantitative estimate of drug-likeness (QED) is 0.783. The van der Waals surface area contributed by atoms with E-state index in [2.05, 4.69) is 7.05 Å². The van der Waals surface area contributed by atoms with Gasteiger partial charge < -0.3 is 9.80 Å². The Bertz CT molecular complexity index is 451. The second-order valence-electron chi connectivity index (χ2n) is 4.64. The van der Waals surface area contributed by atoms with Gasteiger partial charge in [0.2, 0.25) is 5.91 Å². The third kappa shape index (κ3) is 3.34. The molecule has 18 heavy (non-hydrogen) atoms. The van der Waals surface area contributed by atoms with E-state index in [0.29, 0.717) is 5.02 Å². The number of rotatable bonds is 2. The predicted octanol–water partition coefficient (Wildman–Crippen LogP) is 0.710. The Kier molecular flexibility index (Phi) is 4.39. The summed E-state index contributed by atoms with van der Waals surface area (Å²) in [5, 5.41) is 0.671. The van der Waals surface area contributed by atoms with E-state index < -0.39 is 0 Å². The molecule has 1 aliphatic rings. The molecule has 1 saturated heterocycles. The highest BCUT2D eigenvalue weighted by molar-refractivity contribution is 6.32. The average Bonchev–Trinajstić information content (AvgIpc) is 2.38. The van der Waals surface area contributed by atoms with Crippen LogP contribution in [0, 0.1) is 0 Å². The number of nitrogens with zero attached hydrogens (tertiary/aromatic N) is 1. The van der Waals surface area contributed by atoms with E-state index in [0.717, 1.165) is 31.7 Å². The van der Waals surface area contributed by atoms with E-state index in [-0.39, 0.29) is 5.91 Å². The Hall–Kier alpha value is -1.32. The molecule has 0 unspecified atom stereocenters. The van der Waals surface area contributed by atoms with E-state index in [1.807, 2.05) is 29.2 Å². The largest absolute Gasteiger partial charge is 0.334 e. The normalized spacial score (nSPS) is 17.3. The summed E-state index contributed by atoms with van der Waals surface area (Å²) in [5.41, 5.74) is 0.882. The van der Waals surface area contributed by atoms with Gasteiger partial charge in [-0.3, -0.25) is 4.79 Å². The maximum absolute atomic E-state index is 12.0. The molecule has 0 bridgehead atoms. The molecule has 1 N–H and O–H groups in total. The lowest BCUT2D eigenvalue weighted by Crippen LogP contribution is -3.12. The maximum Gasteiger partial charge on any atom is 0.246 e. The molecular formula is C14H18ClN2O+. The van der Waals surface area contributed by atoms with Gasteiger partial charge in [-0.2, -0.15) is 0 Å². The number of piperazine rings is 1. The topological polar surface area (TPSA) is 24.8 Å². The summed E-state index contributed by atoms with van der Waals surface area (Å²) in [6.07, 6.45) is 3.40. The summed E-state index contributed by atoms with van der Waals surface area (Å²) in [7, 11) is 2.15. The first-order valence-electron chi connectivity index (χ1n) is 6.19. The molecule has 1 heterocycles.